The fourth-order valence-electron chi connectivity index (χ4n) is 12.0. The number of hydrogen-bond acceptors (Lipinski definition) is 0. The average molecular weight is 939 g/mol. The molecule has 4 aliphatic rings. The Morgan fingerprint density at radius 2 is 0.676 bits per heavy atom. The summed E-state index contributed by atoms with van der Waals surface area (Å²) in [5, 5.41) is 0. The van der Waals surface area contributed by atoms with Crippen molar-refractivity contribution >= 4 is 7.28 Å². The Morgan fingerprint density at radius 3 is 1.07 bits per heavy atom. The molecular weight excluding hydrogens is 816 g/mol. The molecule has 0 heterocycles. The quantitative estimate of drug-likeness (QED) is 0.168. The molecule has 0 nitrogen and oxygen atoms in total. The van der Waals surface area contributed by atoms with E-state index in [1.54, 1.807) is 11.1 Å². The van der Waals surface area contributed by atoms with E-state index in [1.807, 2.05) is 0 Å². The maximum atomic E-state index is 2.52. The van der Waals surface area contributed by atoms with E-state index < -0.39 is 0 Å². The Kier molecular flexibility index (Phi) is 36.0. The summed E-state index contributed by atoms with van der Waals surface area (Å²) >= 11 is 0. The summed E-state index contributed by atoms with van der Waals surface area (Å²) in [5.41, 5.74) is 17.7. The van der Waals surface area contributed by atoms with Gasteiger partial charge in [-0.3, -0.25) is 0 Å². The van der Waals surface area contributed by atoms with Crippen LogP contribution in [0, 0.1) is 110 Å². The van der Waals surface area contributed by atoms with E-state index in [9.17, 15) is 0 Å². The third-order valence-corrected chi connectivity index (χ3v) is 17.3. The van der Waals surface area contributed by atoms with Crippen LogP contribution in [0.15, 0.2) is 36.4 Å². The third kappa shape index (κ3) is 22.4. The van der Waals surface area contributed by atoms with Crippen molar-refractivity contribution in [2.24, 2.45) is 47.3 Å². The lowest BCUT2D eigenvalue weighted by Crippen LogP contribution is -2.25. The standard InChI is InChI=1S/C25H40.C18H28B.C17H26.7CH4/c1-18-8-12-24(13-9-18)25-14-10-22(11-15-25)6-5-7-23-16-19(2)21(4)20(3)17-23;1-13-5-7-17(8-6-13)11-19-12-18-9-14(2)16(4)15(3)10-18;1-12-5-7-16(8-6-12)11-17-9-13(2)15(4)14(3)10-17;;;;;;;/h16-18,22,24-25H,5-15H2,1-4H3;9-10,13,17H,5-8,11-12H2,1-4H3;9-10,12,16H,5-8,11H2,1-4H3;7*1H4. The highest BCUT2D eigenvalue weighted by Crippen LogP contribution is 2.42. The fourth-order valence-corrected chi connectivity index (χ4v) is 12.0. The van der Waals surface area contributed by atoms with Crippen LogP contribution in [-0.4, -0.2) is 7.28 Å². The highest BCUT2D eigenvalue weighted by Gasteiger charge is 2.30. The molecule has 393 valence electrons. The van der Waals surface area contributed by atoms with Crippen molar-refractivity contribution in [2.45, 2.75) is 276 Å². The van der Waals surface area contributed by atoms with E-state index in [-0.39, 0.29) is 52.0 Å². The van der Waals surface area contributed by atoms with Gasteiger partial charge in [0.15, 0.2) is 0 Å². The fraction of sp³-hybridized carbons (Fsp3) is 0.731. The molecule has 68 heavy (non-hydrogen) atoms. The normalized spacial score (nSPS) is 23.9. The first-order valence-corrected chi connectivity index (χ1v) is 26.2. The maximum absolute atomic E-state index is 2.52. The van der Waals surface area contributed by atoms with E-state index in [1.165, 1.54) is 190 Å². The molecule has 4 aliphatic carbocycles. The molecule has 0 N–H and O–H groups in total. The van der Waals surface area contributed by atoms with Gasteiger partial charge in [0.1, 0.15) is 7.28 Å². The summed E-state index contributed by atoms with van der Waals surface area (Å²) in [6.07, 6.45) is 31.6. The van der Waals surface area contributed by atoms with Crippen LogP contribution in [0.3, 0.4) is 0 Å². The minimum Gasteiger partial charge on any atom is -0.0776 e. The number of rotatable bonds is 11. The van der Waals surface area contributed by atoms with Crippen molar-refractivity contribution in [3.63, 3.8) is 0 Å². The Morgan fingerprint density at radius 1 is 0.368 bits per heavy atom. The molecule has 4 fully saturated rings. The van der Waals surface area contributed by atoms with Gasteiger partial charge in [0.2, 0.25) is 0 Å². The number of hydrogen-bond donors (Lipinski definition) is 0. The van der Waals surface area contributed by atoms with Crippen LogP contribution in [0.25, 0.3) is 0 Å². The largest absolute Gasteiger partial charge is 0.115 e. The predicted octanol–water partition coefficient (Wildman–Crippen LogP) is 22.1. The minimum atomic E-state index is 0. The highest BCUT2D eigenvalue weighted by atomic mass is 14.4. The van der Waals surface area contributed by atoms with Crippen LogP contribution in [0.1, 0.15) is 255 Å². The van der Waals surface area contributed by atoms with Gasteiger partial charge in [0.25, 0.3) is 0 Å². The summed E-state index contributed by atoms with van der Waals surface area (Å²) < 4.78 is 0. The van der Waals surface area contributed by atoms with E-state index in [0.29, 0.717) is 0 Å². The van der Waals surface area contributed by atoms with Crippen LogP contribution >= 0.6 is 0 Å². The van der Waals surface area contributed by atoms with Gasteiger partial charge in [-0.2, -0.15) is 0 Å². The third-order valence-electron chi connectivity index (χ3n) is 17.3. The van der Waals surface area contributed by atoms with Crippen LogP contribution in [-0.2, 0) is 19.2 Å². The molecule has 0 atom stereocenters. The molecule has 4 saturated carbocycles. The van der Waals surface area contributed by atoms with Crippen LogP contribution in [0.2, 0.25) is 6.32 Å². The van der Waals surface area contributed by atoms with Gasteiger partial charge in [-0.05, 0) is 229 Å². The topological polar surface area (TPSA) is 0 Å². The average Bonchev–Trinajstić information content (AvgIpc) is 3.23. The van der Waals surface area contributed by atoms with Gasteiger partial charge in [0.05, 0.1) is 0 Å². The molecule has 7 rings (SSSR count). The van der Waals surface area contributed by atoms with Crippen molar-refractivity contribution in [1.82, 2.24) is 0 Å². The Labute approximate surface area is 431 Å². The summed E-state index contributed by atoms with van der Waals surface area (Å²) in [6.45, 7) is 27.4. The van der Waals surface area contributed by atoms with Crippen molar-refractivity contribution in [3.05, 3.63) is 103 Å². The number of benzene rings is 3. The second-order valence-corrected chi connectivity index (χ2v) is 22.4. The second-order valence-electron chi connectivity index (χ2n) is 22.4. The maximum Gasteiger partial charge on any atom is 0.115 e. The summed E-state index contributed by atoms with van der Waals surface area (Å²) in [7, 11) is 2.52. The minimum absolute atomic E-state index is 0. The van der Waals surface area contributed by atoms with Crippen molar-refractivity contribution in [3.8, 4) is 0 Å². The monoisotopic (exact) mass is 938 g/mol. The molecule has 0 aliphatic heterocycles. The van der Waals surface area contributed by atoms with Crippen molar-refractivity contribution < 1.29 is 0 Å². The molecule has 0 bridgehead atoms. The molecule has 0 aromatic heterocycles. The zero-order valence-electron chi connectivity index (χ0n) is 42.2. The van der Waals surface area contributed by atoms with Gasteiger partial charge >= 0.3 is 0 Å². The van der Waals surface area contributed by atoms with Crippen molar-refractivity contribution in [1.29, 1.82) is 0 Å². The molecule has 0 amide bonds. The Bertz CT molecular complexity index is 1680. The van der Waals surface area contributed by atoms with Gasteiger partial charge in [0, 0.05) is 0 Å². The first-order chi connectivity index (χ1) is 29.1. The lowest BCUT2D eigenvalue weighted by molar-refractivity contribution is 0.147. The molecule has 0 saturated heterocycles. The van der Waals surface area contributed by atoms with E-state index in [4.69, 9.17) is 0 Å². The molecule has 1 heteroatoms. The number of aryl methyl sites for hydroxylation is 7. The molecule has 0 unspecified atom stereocenters. The first kappa shape index (κ1) is 70.0. The van der Waals surface area contributed by atoms with Crippen LogP contribution in [0.4, 0.5) is 0 Å². The predicted molar refractivity (Wildman–Crippen MR) is 319 cm³/mol. The van der Waals surface area contributed by atoms with Crippen molar-refractivity contribution in [2.75, 3.05) is 0 Å². The van der Waals surface area contributed by atoms with Gasteiger partial charge in [-0.25, -0.2) is 0 Å². The zero-order valence-corrected chi connectivity index (χ0v) is 42.2. The van der Waals surface area contributed by atoms with E-state index in [0.717, 1.165) is 53.7 Å². The molecular formula is C67H122B. The first-order valence-electron chi connectivity index (χ1n) is 26.2. The Balaban J connectivity index is -0.000000903. The lowest BCUT2D eigenvalue weighted by atomic mass is 9.62. The molecule has 3 aromatic carbocycles. The van der Waals surface area contributed by atoms with E-state index >= 15 is 0 Å². The van der Waals surface area contributed by atoms with Gasteiger partial charge < -0.3 is 0 Å². The van der Waals surface area contributed by atoms with Crippen LogP contribution < -0.4 is 0 Å². The van der Waals surface area contributed by atoms with Gasteiger partial charge in [-0.15, -0.1) is 0 Å². The molecule has 1 radical (unpaired) electrons. The second kappa shape index (κ2) is 34.9. The summed E-state index contributed by atoms with van der Waals surface area (Å²) in [4.78, 5) is 0. The molecule has 0 spiro atoms. The van der Waals surface area contributed by atoms with E-state index in [2.05, 4.69) is 127 Å². The zero-order chi connectivity index (χ0) is 44.1. The van der Waals surface area contributed by atoms with Crippen LogP contribution in [0.5, 0.6) is 0 Å². The van der Waals surface area contributed by atoms with Gasteiger partial charge in [-0.1, -0.05) is 198 Å². The summed E-state index contributed by atoms with van der Waals surface area (Å²) in [6, 6.07) is 14.4. The summed E-state index contributed by atoms with van der Waals surface area (Å²) in [5.74, 6) is 8.01. The SMILES string of the molecule is C.C.C.C.C.C.C.Cc1cc(CC2CCC(C)CC2)cc(C)c1C.Cc1cc(CCCC2CCC(C3CCC(C)CC3)CC2)cc(C)c1C.Cc1cc(C[B]CC2CCC(C)CC2)cc(C)c1C. The molecule has 3 aromatic rings. The lowest BCUT2D eigenvalue weighted by Gasteiger charge is -2.37. The highest BCUT2D eigenvalue weighted by molar-refractivity contribution is 6.35. The smallest absolute Gasteiger partial charge is 0.0776 e. The Hall–Kier alpha value is -2.28.